The summed E-state index contributed by atoms with van der Waals surface area (Å²) < 4.78 is 0. The van der Waals surface area contributed by atoms with Crippen LogP contribution in [0.2, 0.25) is 0 Å². The lowest BCUT2D eigenvalue weighted by Crippen LogP contribution is -2.42. The van der Waals surface area contributed by atoms with Crippen LogP contribution in [0, 0.1) is 5.92 Å². The molecule has 0 N–H and O–H groups in total. The van der Waals surface area contributed by atoms with Crippen molar-refractivity contribution >= 4 is 6.41 Å². The quantitative estimate of drug-likeness (QED) is 0.675. The van der Waals surface area contributed by atoms with Gasteiger partial charge in [-0.1, -0.05) is 38.1 Å². The van der Waals surface area contributed by atoms with Gasteiger partial charge in [-0.3, -0.25) is 4.79 Å². The second-order valence-electron chi connectivity index (χ2n) is 4.56. The van der Waals surface area contributed by atoms with Gasteiger partial charge in [0.1, 0.15) is 0 Å². The van der Waals surface area contributed by atoms with Crippen LogP contribution < -0.4 is 0 Å². The smallest absolute Gasteiger partial charge is 0.210 e. The lowest BCUT2D eigenvalue weighted by atomic mass is 9.88. The van der Waals surface area contributed by atoms with E-state index in [1.807, 2.05) is 11.0 Å². The van der Waals surface area contributed by atoms with E-state index in [9.17, 15) is 4.79 Å². The molecule has 15 heavy (non-hydrogen) atoms. The minimum atomic E-state index is 0.359. The van der Waals surface area contributed by atoms with Crippen LogP contribution in [0.15, 0.2) is 24.3 Å². The van der Waals surface area contributed by atoms with Crippen LogP contribution in [-0.2, 0) is 17.8 Å². The Morgan fingerprint density at radius 2 is 2.00 bits per heavy atom. The highest BCUT2D eigenvalue weighted by atomic mass is 16.1. The highest BCUT2D eigenvalue weighted by molar-refractivity contribution is 5.50. The normalized spacial score (nSPS) is 20.2. The van der Waals surface area contributed by atoms with E-state index in [0.29, 0.717) is 12.0 Å². The molecule has 1 aromatic carbocycles. The minimum absolute atomic E-state index is 0.359. The molecule has 1 aliphatic rings. The molecule has 0 aliphatic carbocycles. The third-order valence-corrected chi connectivity index (χ3v) is 3.23. The summed E-state index contributed by atoms with van der Waals surface area (Å²) in [6.07, 6.45) is 1.98. The van der Waals surface area contributed by atoms with Gasteiger partial charge < -0.3 is 4.90 Å². The molecule has 0 spiro atoms. The zero-order valence-corrected chi connectivity index (χ0v) is 9.31. The van der Waals surface area contributed by atoms with Crippen molar-refractivity contribution in [3.05, 3.63) is 35.4 Å². The van der Waals surface area contributed by atoms with E-state index in [1.165, 1.54) is 11.1 Å². The Kier molecular flexibility index (Phi) is 2.76. The first-order valence-electron chi connectivity index (χ1n) is 5.50. The molecule has 0 saturated carbocycles. The van der Waals surface area contributed by atoms with E-state index in [-0.39, 0.29) is 0 Å². The molecule has 0 saturated heterocycles. The Labute approximate surface area is 90.9 Å². The largest absolute Gasteiger partial charge is 0.337 e. The number of carbonyl (C=O) groups excluding carboxylic acids is 1. The van der Waals surface area contributed by atoms with Gasteiger partial charge in [-0.05, 0) is 23.5 Å². The van der Waals surface area contributed by atoms with E-state index in [2.05, 4.69) is 32.0 Å². The zero-order chi connectivity index (χ0) is 10.8. The second kappa shape index (κ2) is 4.05. The van der Waals surface area contributed by atoms with Crippen molar-refractivity contribution in [1.29, 1.82) is 0 Å². The molecular formula is C13H17NO. The van der Waals surface area contributed by atoms with Crippen molar-refractivity contribution in [2.24, 2.45) is 5.92 Å². The number of carbonyl (C=O) groups is 1. The summed E-state index contributed by atoms with van der Waals surface area (Å²) in [5.41, 5.74) is 2.69. The first kappa shape index (κ1) is 10.2. The van der Waals surface area contributed by atoms with Crippen LogP contribution >= 0.6 is 0 Å². The standard InChI is InChI=1S/C13H17NO/c1-10(2)13-7-11-5-3-4-6-12(11)8-14(13)9-15/h3-6,9-10,13H,7-8H2,1-2H3. The summed E-state index contributed by atoms with van der Waals surface area (Å²) in [6.45, 7) is 5.12. The number of benzene rings is 1. The molecule has 0 bridgehead atoms. The molecule has 0 aromatic heterocycles. The molecule has 80 valence electrons. The van der Waals surface area contributed by atoms with Crippen molar-refractivity contribution in [3.8, 4) is 0 Å². The molecule has 1 aromatic rings. The maximum atomic E-state index is 11.0. The number of rotatable bonds is 2. The number of amides is 1. The Balaban J connectivity index is 2.30. The van der Waals surface area contributed by atoms with Crippen LogP contribution in [-0.4, -0.2) is 17.4 Å². The summed E-state index contributed by atoms with van der Waals surface area (Å²) in [7, 11) is 0. The third-order valence-electron chi connectivity index (χ3n) is 3.23. The lowest BCUT2D eigenvalue weighted by Gasteiger charge is -2.36. The molecule has 2 heteroatoms. The van der Waals surface area contributed by atoms with Gasteiger partial charge in [-0.15, -0.1) is 0 Å². The van der Waals surface area contributed by atoms with Crippen LogP contribution in [0.3, 0.4) is 0 Å². The van der Waals surface area contributed by atoms with E-state index in [1.54, 1.807) is 0 Å². The Morgan fingerprint density at radius 3 is 2.60 bits per heavy atom. The van der Waals surface area contributed by atoms with Crippen molar-refractivity contribution < 1.29 is 4.79 Å². The van der Waals surface area contributed by atoms with E-state index >= 15 is 0 Å². The Hall–Kier alpha value is -1.31. The minimum Gasteiger partial charge on any atom is -0.337 e. The summed E-state index contributed by atoms with van der Waals surface area (Å²) in [6, 6.07) is 8.76. The molecule has 2 nitrogen and oxygen atoms in total. The van der Waals surface area contributed by atoms with Crippen molar-refractivity contribution in [2.45, 2.75) is 32.9 Å². The average molecular weight is 203 g/mol. The molecular weight excluding hydrogens is 186 g/mol. The predicted octanol–water partition coefficient (Wildman–Crippen LogP) is 2.23. The molecule has 1 atom stereocenters. The molecule has 1 amide bonds. The maximum Gasteiger partial charge on any atom is 0.210 e. The molecule has 1 heterocycles. The van der Waals surface area contributed by atoms with Gasteiger partial charge in [0, 0.05) is 12.6 Å². The summed E-state index contributed by atoms with van der Waals surface area (Å²) >= 11 is 0. The van der Waals surface area contributed by atoms with E-state index in [4.69, 9.17) is 0 Å². The van der Waals surface area contributed by atoms with E-state index < -0.39 is 0 Å². The predicted molar refractivity (Wildman–Crippen MR) is 60.4 cm³/mol. The molecule has 0 radical (unpaired) electrons. The van der Waals surface area contributed by atoms with Crippen molar-refractivity contribution in [1.82, 2.24) is 4.90 Å². The summed E-state index contributed by atoms with van der Waals surface area (Å²) in [5.74, 6) is 0.517. The Morgan fingerprint density at radius 1 is 1.33 bits per heavy atom. The average Bonchev–Trinajstić information content (AvgIpc) is 2.27. The first-order chi connectivity index (χ1) is 7.22. The number of hydrogen-bond donors (Lipinski definition) is 0. The van der Waals surface area contributed by atoms with Gasteiger partial charge in [-0.25, -0.2) is 0 Å². The van der Waals surface area contributed by atoms with Gasteiger partial charge in [-0.2, -0.15) is 0 Å². The SMILES string of the molecule is CC(C)C1Cc2ccccc2CN1C=O. The van der Waals surface area contributed by atoms with Crippen LogP contribution in [0.25, 0.3) is 0 Å². The fourth-order valence-electron chi connectivity index (χ4n) is 2.30. The Bertz CT molecular complexity index is 359. The van der Waals surface area contributed by atoms with Crippen molar-refractivity contribution in [3.63, 3.8) is 0 Å². The zero-order valence-electron chi connectivity index (χ0n) is 9.31. The number of hydrogen-bond acceptors (Lipinski definition) is 1. The monoisotopic (exact) mass is 203 g/mol. The van der Waals surface area contributed by atoms with Crippen LogP contribution in [0.4, 0.5) is 0 Å². The van der Waals surface area contributed by atoms with Gasteiger partial charge in [0.2, 0.25) is 6.41 Å². The molecule has 0 fully saturated rings. The third kappa shape index (κ3) is 1.89. The van der Waals surface area contributed by atoms with Crippen LogP contribution in [0.1, 0.15) is 25.0 Å². The lowest BCUT2D eigenvalue weighted by molar-refractivity contribution is -0.122. The molecule has 1 unspecified atom stereocenters. The highest BCUT2D eigenvalue weighted by Gasteiger charge is 2.26. The van der Waals surface area contributed by atoms with Gasteiger partial charge >= 0.3 is 0 Å². The molecule has 1 aliphatic heterocycles. The highest BCUT2D eigenvalue weighted by Crippen LogP contribution is 2.25. The summed E-state index contributed by atoms with van der Waals surface area (Å²) in [5, 5.41) is 0. The second-order valence-corrected chi connectivity index (χ2v) is 4.56. The maximum absolute atomic E-state index is 11.0. The van der Waals surface area contributed by atoms with Crippen molar-refractivity contribution in [2.75, 3.05) is 0 Å². The van der Waals surface area contributed by atoms with Crippen LogP contribution in [0.5, 0.6) is 0 Å². The molecule has 2 rings (SSSR count). The topological polar surface area (TPSA) is 20.3 Å². The fourth-order valence-corrected chi connectivity index (χ4v) is 2.30. The van der Waals surface area contributed by atoms with Gasteiger partial charge in [0.05, 0.1) is 0 Å². The summed E-state index contributed by atoms with van der Waals surface area (Å²) in [4.78, 5) is 12.9. The van der Waals surface area contributed by atoms with Gasteiger partial charge in [0.25, 0.3) is 0 Å². The number of fused-ring (bicyclic) bond motifs is 1. The first-order valence-corrected chi connectivity index (χ1v) is 5.50. The van der Waals surface area contributed by atoms with E-state index in [0.717, 1.165) is 19.4 Å². The van der Waals surface area contributed by atoms with Gasteiger partial charge in [0.15, 0.2) is 0 Å². The number of nitrogens with zero attached hydrogens (tertiary/aromatic N) is 1. The fraction of sp³-hybridized carbons (Fsp3) is 0.462.